The molecular formula is C6H10N6OS2. The van der Waals surface area contributed by atoms with E-state index >= 15 is 0 Å². The number of rotatable bonds is 3. The van der Waals surface area contributed by atoms with Crippen LogP contribution in [-0.2, 0) is 6.54 Å². The van der Waals surface area contributed by atoms with E-state index in [-0.39, 0.29) is 12.5 Å². The van der Waals surface area contributed by atoms with Crippen LogP contribution in [0.3, 0.4) is 0 Å². The van der Waals surface area contributed by atoms with Gasteiger partial charge in [0.1, 0.15) is 0 Å². The first kappa shape index (κ1) is 11.8. The SMILES string of the molecule is NC(N)=Nc1nc(CN(N)C(=O)S)cs1. The maximum atomic E-state index is 10.7. The van der Waals surface area contributed by atoms with Crippen molar-refractivity contribution in [2.24, 2.45) is 22.3 Å². The number of guanidine groups is 1. The van der Waals surface area contributed by atoms with Crippen molar-refractivity contribution in [2.45, 2.75) is 6.54 Å². The predicted molar refractivity (Wildman–Crippen MR) is 61.7 cm³/mol. The topological polar surface area (TPSA) is 124 Å². The van der Waals surface area contributed by atoms with E-state index in [0.717, 1.165) is 5.01 Å². The lowest BCUT2D eigenvalue weighted by Gasteiger charge is -2.10. The summed E-state index contributed by atoms with van der Waals surface area (Å²) in [5.41, 5.74) is 11.0. The Labute approximate surface area is 95.3 Å². The van der Waals surface area contributed by atoms with E-state index in [4.69, 9.17) is 17.3 Å². The number of thiol groups is 1. The number of hydrogen-bond acceptors (Lipinski definition) is 5. The molecule has 6 N–H and O–H groups in total. The number of nitrogens with zero attached hydrogens (tertiary/aromatic N) is 3. The largest absolute Gasteiger partial charge is 0.370 e. The number of hydrazine groups is 1. The molecule has 0 aliphatic rings. The Hall–Kier alpha value is -1.32. The van der Waals surface area contributed by atoms with Gasteiger partial charge in [-0.15, -0.1) is 11.3 Å². The molecule has 7 nitrogen and oxygen atoms in total. The summed E-state index contributed by atoms with van der Waals surface area (Å²) in [5.74, 6) is 5.28. The second-order valence-electron chi connectivity index (χ2n) is 2.57. The van der Waals surface area contributed by atoms with Crippen LogP contribution in [0.15, 0.2) is 10.4 Å². The van der Waals surface area contributed by atoms with E-state index in [1.807, 2.05) is 0 Å². The van der Waals surface area contributed by atoms with E-state index in [0.29, 0.717) is 10.8 Å². The van der Waals surface area contributed by atoms with Gasteiger partial charge in [-0.05, 0) is 0 Å². The molecule has 1 rings (SSSR count). The molecule has 15 heavy (non-hydrogen) atoms. The highest BCUT2D eigenvalue weighted by molar-refractivity contribution is 7.96. The molecule has 0 unspecified atom stereocenters. The van der Waals surface area contributed by atoms with Gasteiger partial charge in [0.2, 0.25) is 5.13 Å². The van der Waals surface area contributed by atoms with Crippen molar-refractivity contribution >= 4 is 40.3 Å². The minimum Gasteiger partial charge on any atom is -0.370 e. The maximum Gasteiger partial charge on any atom is 0.292 e. The molecule has 1 heterocycles. The summed E-state index contributed by atoms with van der Waals surface area (Å²) in [7, 11) is 0. The molecular weight excluding hydrogens is 236 g/mol. The zero-order valence-corrected chi connectivity index (χ0v) is 9.33. The normalized spacial score (nSPS) is 9.73. The summed E-state index contributed by atoms with van der Waals surface area (Å²) >= 11 is 4.81. The van der Waals surface area contributed by atoms with Crippen LogP contribution >= 0.6 is 24.0 Å². The molecule has 1 amide bonds. The van der Waals surface area contributed by atoms with E-state index in [9.17, 15) is 4.79 Å². The van der Waals surface area contributed by atoms with E-state index in [2.05, 4.69) is 22.6 Å². The molecule has 0 spiro atoms. The molecule has 0 bridgehead atoms. The van der Waals surface area contributed by atoms with Gasteiger partial charge in [0.25, 0.3) is 5.24 Å². The smallest absolute Gasteiger partial charge is 0.292 e. The number of thiazole rings is 1. The molecule has 0 aliphatic carbocycles. The number of aliphatic imine (C=N–C) groups is 1. The lowest BCUT2D eigenvalue weighted by molar-refractivity contribution is 0.222. The third kappa shape index (κ3) is 3.73. The third-order valence-electron chi connectivity index (χ3n) is 1.34. The molecule has 1 aromatic rings. The monoisotopic (exact) mass is 246 g/mol. The van der Waals surface area contributed by atoms with Gasteiger partial charge < -0.3 is 11.5 Å². The second kappa shape index (κ2) is 4.96. The van der Waals surface area contributed by atoms with Gasteiger partial charge in [-0.25, -0.2) is 10.8 Å². The van der Waals surface area contributed by atoms with E-state index in [1.165, 1.54) is 11.3 Å². The Kier molecular flexibility index (Phi) is 3.88. The average molecular weight is 246 g/mol. The van der Waals surface area contributed by atoms with Crippen LogP contribution in [0, 0.1) is 0 Å². The van der Waals surface area contributed by atoms with Crippen molar-refractivity contribution in [2.75, 3.05) is 0 Å². The molecule has 0 aliphatic heterocycles. The van der Waals surface area contributed by atoms with Gasteiger partial charge in [-0.2, -0.15) is 4.99 Å². The maximum absolute atomic E-state index is 10.7. The Morgan fingerprint density at radius 3 is 2.87 bits per heavy atom. The fraction of sp³-hybridized carbons (Fsp3) is 0.167. The van der Waals surface area contributed by atoms with Crippen molar-refractivity contribution in [3.05, 3.63) is 11.1 Å². The zero-order valence-electron chi connectivity index (χ0n) is 7.62. The van der Waals surface area contributed by atoms with Crippen LogP contribution < -0.4 is 17.3 Å². The quantitative estimate of drug-likeness (QED) is 0.146. The van der Waals surface area contributed by atoms with Crippen LogP contribution in [0.4, 0.5) is 9.93 Å². The van der Waals surface area contributed by atoms with Crippen molar-refractivity contribution in [3.63, 3.8) is 0 Å². The van der Waals surface area contributed by atoms with E-state index < -0.39 is 5.24 Å². The third-order valence-corrected chi connectivity index (χ3v) is 2.38. The molecule has 9 heteroatoms. The number of carbonyl (C=O) groups is 1. The Bertz CT molecular complexity index is 385. The van der Waals surface area contributed by atoms with Crippen LogP contribution in [0.25, 0.3) is 0 Å². The summed E-state index contributed by atoms with van der Waals surface area (Å²) in [6.07, 6.45) is 0. The standard InChI is InChI=1S/C6H10N6OS2/c7-4(8)11-5-10-3(2-15-5)1-12(9)6(13)14/h2H,1,9H2,(H,13,14)(H4,7,8,10,11). The van der Waals surface area contributed by atoms with Crippen molar-refractivity contribution in [1.29, 1.82) is 0 Å². The molecule has 0 radical (unpaired) electrons. The molecule has 82 valence electrons. The molecule has 0 saturated carbocycles. The average Bonchev–Trinajstić information content (AvgIpc) is 2.51. The molecule has 0 atom stereocenters. The minimum absolute atomic E-state index is 0.0641. The van der Waals surface area contributed by atoms with Gasteiger partial charge in [-0.1, -0.05) is 12.6 Å². The fourth-order valence-corrected chi connectivity index (χ4v) is 1.54. The van der Waals surface area contributed by atoms with Crippen molar-refractivity contribution in [1.82, 2.24) is 9.99 Å². The number of nitrogens with two attached hydrogens (primary N) is 3. The van der Waals surface area contributed by atoms with Gasteiger partial charge in [0.15, 0.2) is 5.96 Å². The molecule has 0 aromatic carbocycles. The number of amides is 1. The number of aromatic nitrogens is 1. The number of carbonyl (C=O) groups excluding carboxylic acids is 1. The van der Waals surface area contributed by atoms with Crippen LogP contribution in [0.2, 0.25) is 0 Å². The van der Waals surface area contributed by atoms with E-state index in [1.54, 1.807) is 5.38 Å². The Balaban J connectivity index is 2.69. The highest BCUT2D eigenvalue weighted by atomic mass is 32.1. The lowest BCUT2D eigenvalue weighted by Crippen LogP contribution is -2.32. The zero-order chi connectivity index (χ0) is 11.4. The summed E-state index contributed by atoms with van der Waals surface area (Å²) in [5, 5.41) is 2.52. The predicted octanol–water partition coefficient (Wildman–Crippen LogP) is -0.227. The van der Waals surface area contributed by atoms with Crippen molar-refractivity contribution in [3.8, 4) is 0 Å². The van der Waals surface area contributed by atoms with Gasteiger partial charge in [0.05, 0.1) is 12.2 Å². The second-order valence-corrected chi connectivity index (χ2v) is 3.79. The van der Waals surface area contributed by atoms with Crippen LogP contribution in [-0.4, -0.2) is 21.2 Å². The summed E-state index contributed by atoms with van der Waals surface area (Å²) in [4.78, 5) is 18.5. The molecule has 1 aromatic heterocycles. The van der Waals surface area contributed by atoms with Crippen LogP contribution in [0.5, 0.6) is 0 Å². The lowest BCUT2D eigenvalue weighted by atomic mass is 10.5. The first-order valence-electron chi connectivity index (χ1n) is 3.78. The number of hydrogen-bond donors (Lipinski definition) is 4. The van der Waals surface area contributed by atoms with Gasteiger partial charge in [0, 0.05) is 5.38 Å². The summed E-state index contributed by atoms with van der Waals surface area (Å²) < 4.78 is 0. The van der Waals surface area contributed by atoms with Crippen molar-refractivity contribution < 1.29 is 4.79 Å². The van der Waals surface area contributed by atoms with Gasteiger partial charge in [-0.3, -0.25) is 9.80 Å². The highest BCUT2D eigenvalue weighted by Gasteiger charge is 2.08. The minimum atomic E-state index is -0.536. The first-order valence-corrected chi connectivity index (χ1v) is 5.11. The fourth-order valence-electron chi connectivity index (χ4n) is 0.773. The Morgan fingerprint density at radius 2 is 2.33 bits per heavy atom. The summed E-state index contributed by atoms with van der Waals surface area (Å²) in [6.45, 7) is 0.166. The first-order chi connectivity index (χ1) is 6.99. The van der Waals surface area contributed by atoms with Gasteiger partial charge >= 0.3 is 0 Å². The Morgan fingerprint density at radius 1 is 1.67 bits per heavy atom. The molecule has 0 saturated heterocycles. The highest BCUT2D eigenvalue weighted by Crippen LogP contribution is 2.19. The summed E-state index contributed by atoms with van der Waals surface area (Å²) in [6, 6.07) is 0. The van der Waals surface area contributed by atoms with Crippen LogP contribution in [0.1, 0.15) is 5.69 Å². The molecule has 0 fully saturated rings.